The number of anilines is 4. The third-order valence-corrected chi connectivity index (χ3v) is 23.8. The lowest BCUT2D eigenvalue weighted by Crippen LogP contribution is -2.27. The molecule has 4 atom stereocenters. The topological polar surface area (TPSA) is 205 Å². The van der Waals surface area contributed by atoms with Gasteiger partial charge in [0, 0.05) is 44.8 Å². The molecular formula is C90H98N8O6S2. The molecule has 14 nitrogen and oxygen atoms in total. The molecule has 0 N–H and O–H groups in total. The van der Waals surface area contributed by atoms with E-state index in [1.165, 1.54) is 0 Å². The summed E-state index contributed by atoms with van der Waals surface area (Å²) in [5.74, 6) is 6.27. The lowest BCUT2D eigenvalue weighted by molar-refractivity contribution is 0.0951. The molecule has 6 heterocycles. The zero-order chi connectivity index (χ0) is 75.4. The SMILES string of the molecule is CCCCC(CC)COc1c2cc(-c3ccc4c(c3)Oc3cc(/C=C/C5=C(C#N)C(=C(C#N)C#N)OC5(C)C)ccc3N4CC(CC)CCCC)sc2c(OCC(CC)CCCC)c2cc(-c3ccc4c(c3)Oc3cc(/C=C/C5=C(C#N)C(=C(C#N)C#N)OC5(C)C)ccc3N4CC(CC)CCCC)sc12. The second-order valence-corrected chi connectivity index (χ2v) is 31.6. The molecule has 11 rings (SSSR count). The van der Waals surface area contributed by atoms with E-state index in [1.54, 1.807) is 22.7 Å². The summed E-state index contributed by atoms with van der Waals surface area (Å²) in [6.07, 6.45) is 25.0. The van der Waals surface area contributed by atoms with Gasteiger partial charge >= 0.3 is 0 Å². The molecule has 16 heteroatoms. The monoisotopic (exact) mass is 1450 g/mol. The van der Waals surface area contributed by atoms with E-state index in [0.29, 0.717) is 59.5 Å². The first kappa shape index (κ1) is 76.9. The Labute approximate surface area is 635 Å². The van der Waals surface area contributed by atoms with Gasteiger partial charge in [0.1, 0.15) is 70.3 Å². The Hall–Kier alpha value is -10.2. The number of allylic oxidation sites excluding steroid dienone is 4. The van der Waals surface area contributed by atoms with Gasteiger partial charge < -0.3 is 38.2 Å². The highest BCUT2D eigenvalue weighted by atomic mass is 32.1. The lowest BCUT2D eigenvalue weighted by Gasteiger charge is -2.35. The molecule has 546 valence electrons. The van der Waals surface area contributed by atoms with Gasteiger partial charge in [0.15, 0.2) is 45.7 Å². The number of hydrogen-bond acceptors (Lipinski definition) is 16. The highest BCUT2D eigenvalue weighted by molar-refractivity contribution is 7.24. The van der Waals surface area contributed by atoms with Gasteiger partial charge in [-0.3, -0.25) is 0 Å². The first-order chi connectivity index (χ1) is 51.4. The summed E-state index contributed by atoms with van der Waals surface area (Å²) in [7, 11) is 0. The number of hydrogen-bond donors (Lipinski definition) is 0. The van der Waals surface area contributed by atoms with E-state index in [4.69, 9.17) is 28.4 Å². The smallest absolute Gasteiger partial charge is 0.172 e. The minimum atomic E-state index is -0.964. The van der Waals surface area contributed by atoms with E-state index in [-0.39, 0.29) is 33.8 Å². The second kappa shape index (κ2) is 34.4. The first-order valence-corrected chi connectivity index (χ1v) is 39.9. The summed E-state index contributed by atoms with van der Waals surface area (Å²) in [5, 5.41) is 61.8. The van der Waals surface area contributed by atoms with Crippen LogP contribution in [0.1, 0.15) is 197 Å². The molecule has 7 aromatic rings. The number of fused-ring (bicyclic) bond motifs is 6. The van der Waals surface area contributed by atoms with Gasteiger partial charge in [0.05, 0.1) is 45.4 Å². The van der Waals surface area contributed by atoms with Crippen LogP contribution in [-0.4, -0.2) is 37.5 Å². The predicted molar refractivity (Wildman–Crippen MR) is 430 cm³/mol. The van der Waals surface area contributed by atoms with E-state index >= 15 is 0 Å². The molecule has 0 bridgehead atoms. The van der Waals surface area contributed by atoms with Gasteiger partial charge in [-0.1, -0.05) is 181 Å². The standard InChI is InChI=1S/C90H98N8O6S2/c1-13-21-25-57(17-5)53-97-73-37-31-61(29-35-71-69(51-95)83(65(47-91)48-92)103-89(71,9)10)41-77(73)101-79-43-63(33-39-75(79)97)81-45-67-85(99-55-59(19-7)27-23-15-3)88-68(86(87(67)105-81)100-56-60(20-8)28-24-16-4)46-82(106-88)64-34-40-76-80(44-64)102-78-42-62(32-38-74(78)98(76)54-58(18-6)26-22-14-2)30-36-72-70(52-96)84(66(49-93)50-94)104-90(72,11)12/h29-46,57-60H,13-28,53-56H2,1-12H3/b35-29+,36-30+. The van der Waals surface area contributed by atoms with Crippen molar-refractivity contribution in [2.45, 2.75) is 197 Å². The van der Waals surface area contributed by atoms with Crippen molar-refractivity contribution in [2.75, 3.05) is 36.1 Å². The summed E-state index contributed by atoms with van der Waals surface area (Å²) >= 11 is 3.47. The van der Waals surface area contributed by atoms with E-state index in [9.17, 15) is 31.6 Å². The second-order valence-electron chi connectivity index (χ2n) is 29.4. The maximum Gasteiger partial charge on any atom is 0.172 e. The number of nitriles is 6. The molecule has 0 fully saturated rings. The van der Waals surface area contributed by atoms with Gasteiger partial charge in [0.2, 0.25) is 0 Å². The van der Waals surface area contributed by atoms with Crippen LogP contribution in [0.2, 0.25) is 0 Å². The van der Waals surface area contributed by atoms with Crippen LogP contribution in [0.5, 0.6) is 34.5 Å². The summed E-state index contributed by atoms with van der Waals surface area (Å²) < 4.78 is 43.3. The van der Waals surface area contributed by atoms with Gasteiger partial charge in [-0.15, -0.1) is 22.7 Å². The van der Waals surface area contributed by atoms with Crippen molar-refractivity contribution in [3.63, 3.8) is 0 Å². The third-order valence-electron chi connectivity index (χ3n) is 21.4. The average molecular weight is 1450 g/mol. The van der Waals surface area contributed by atoms with E-state index in [2.05, 4.69) is 150 Å². The van der Waals surface area contributed by atoms with Crippen molar-refractivity contribution in [1.29, 1.82) is 31.6 Å². The third kappa shape index (κ3) is 16.1. The lowest BCUT2D eigenvalue weighted by atomic mass is 9.94. The Bertz CT molecular complexity index is 4540. The molecule has 0 saturated carbocycles. The van der Waals surface area contributed by atoms with Crippen molar-refractivity contribution in [1.82, 2.24) is 0 Å². The van der Waals surface area contributed by atoms with Gasteiger partial charge in [-0.05, 0) is 160 Å². The molecule has 0 aliphatic carbocycles. The van der Waals surface area contributed by atoms with Crippen LogP contribution in [0.25, 0.3) is 53.2 Å². The summed E-state index contributed by atoms with van der Waals surface area (Å²) in [4.78, 5) is 6.98. The van der Waals surface area contributed by atoms with Crippen LogP contribution in [0, 0.1) is 91.7 Å². The molecule has 0 amide bonds. The molecule has 2 aromatic heterocycles. The highest BCUT2D eigenvalue weighted by Gasteiger charge is 2.41. The van der Waals surface area contributed by atoms with Gasteiger partial charge in [0.25, 0.3) is 0 Å². The van der Waals surface area contributed by atoms with Gasteiger partial charge in [-0.2, -0.15) is 31.6 Å². The average Bonchev–Trinajstić information content (AvgIpc) is 1.58. The normalized spacial score (nSPS) is 15.8. The fraction of sp³-hybridized carbons (Fsp3) is 0.422. The minimum Gasteiger partial charge on any atom is -0.491 e. The maximum atomic E-state index is 10.3. The number of nitrogens with zero attached hydrogens (tertiary/aromatic N) is 8. The Balaban J connectivity index is 1.03. The largest absolute Gasteiger partial charge is 0.491 e. The Morgan fingerprint density at radius 2 is 0.783 bits per heavy atom. The molecule has 4 aliphatic rings. The summed E-state index contributed by atoms with van der Waals surface area (Å²) in [6, 6.07) is 42.4. The zero-order valence-corrected chi connectivity index (χ0v) is 65.3. The van der Waals surface area contributed by atoms with Gasteiger partial charge in [-0.25, -0.2) is 0 Å². The molecular weight excluding hydrogens is 1350 g/mol. The van der Waals surface area contributed by atoms with Crippen molar-refractivity contribution in [3.05, 3.63) is 153 Å². The van der Waals surface area contributed by atoms with Crippen LogP contribution in [-0.2, 0) is 9.47 Å². The van der Waals surface area contributed by atoms with Crippen LogP contribution in [0.3, 0.4) is 0 Å². The Morgan fingerprint density at radius 1 is 0.443 bits per heavy atom. The molecule has 0 saturated heterocycles. The van der Waals surface area contributed by atoms with Crippen LogP contribution in [0.15, 0.2) is 142 Å². The molecule has 4 unspecified atom stereocenters. The molecule has 4 aliphatic heterocycles. The van der Waals surface area contributed by atoms with E-state index in [1.807, 2.05) is 88.4 Å². The fourth-order valence-corrected chi connectivity index (χ4v) is 17.2. The van der Waals surface area contributed by atoms with Crippen LogP contribution >= 0.6 is 22.7 Å². The number of rotatable bonds is 32. The highest BCUT2D eigenvalue weighted by Crippen LogP contribution is 2.57. The molecule has 0 radical (unpaired) electrons. The van der Waals surface area contributed by atoms with E-state index < -0.39 is 11.2 Å². The Kier molecular flexibility index (Phi) is 24.9. The number of thiophene rings is 2. The van der Waals surface area contributed by atoms with Crippen molar-refractivity contribution in [3.8, 4) is 91.8 Å². The number of benzene rings is 5. The van der Waals surface area contributed by atoms with Crippen molar-refractivity contribution >= 4 is 77.7 Å². The van der Waals surface area contributed by atoms with Crippen molar-refractivity contribution < 1.29 is 28.4 Å². The fourth-order valence-electron chi connectivity index (χ4n) is 14.9. The van der Waals surface area contributed by atoms with Crippen LogP contribution < -0.4 is 28.7 Å². The minimum absolute atomic E-state index is 0.00334. The zero-order valence-electron chi connectivity index (χ0n) is 63.7. The Morgan fingerprint density at radius 3 is 1.11 bits per heavy atom. The predicted octanol–water partition coefficient (Wildman–Crippen LogP) is 25.4. The first-order valence-electron chi connectivity index (χ1n) is 38.3. The number of ether oxygens (including phenoxy) is 6. The number of unbranched alkanes of at least 4 members (excludes halogenated alkanes) is 4. The maximum absolute atomic E-state index is 10.3. The summed E-state index contributed by atoms with van der Waals surface area (Å²) in [5.41, 5.74) is 6.74. The van der Waals surface area contributed by atoms with Crippen LogP contribution in [0.4, 0.5) is 22.7 Å². The van der Waals surface area contributed by atoms with E-state index in [0.717, 1.165) is 214 Å². The molecule has 5 aromatic carbocycles. The molecule has 106 heavy (non-hydrogen) atoms. The molecule has 0 spiro atoms. The van der Waals surface area contributed by atoms with Crippen molar-refractivity contribution in [2.24, 2.45) is 23.7 Å². The summed E-state index contributed by atoms with van der Waals surface area (Å²) in [6.45, 7) is 28.2. The quantitative estimate of drug-likeness (QED) is 0.0360.